The summed E-state index contributed by atoms with van der Waals surface area (Å²) in [7, 11) is -1.93. The first kappa shape index (κ1) is 31.7. The molecular formula is C27H45F3N6O5S. The highest BCUT2D eigenvalue weighted by atomic mass is 32.2. The van der Waals surface area contributed by atoms with Crippen LogP contribution < -0.4 is 16.1 Å². The van der Waals surface area contributed by atoms with E-state index in [1.54, 1.807) is 16.4 Å². The lowest BCUT2D eigenvalue weighted by atomic mass is 9.74. The van der Waals surface area contributed by atoms with Gasteiger partial charge in [0.2, 0.25) is 15.9 Å². The molecule has 5 aliphatic rings. The maximum atomic E-state index is 14.1. The molecule has 240 valence electrons. The lowest BCUT2D eigenvalue weighted by molar-refractivity contribution is -0.172. The summed E-state index contributed by atoms with van der Waals surface area (Å²) >= 11 is 0. The number of likely N-dealkylation sites (tertiary alicyclic amines) is 1. The maximum absolute atomic E-state index is 14.1. The van der Waals surface area contributed by atoms with Gasteiger partial charge in [0.15, 0.2) is 0 Å². The molecule has 1 saturated carbocycles. The molecule has 1 aliphatic carbocycles. The third kappa shape index (κ3) is 6.54. The van der Waals surface area contributed by atoms with Crippen molar-refractivity contribution in [2.45, 2.75) is 87.3 Å². The third-order valence-electron chi connectivity index (χ3n) is 10.4. The number of piperidine rings is 2. The zero-order valence-corrected chi connectivity index (χ0v) is 25.0. The number of aliphatic hydroxyl groups is 1. The number of aliphatic hydroxyl groups excluding tert-OH is 1. The molecule has 4 aliphatic heterocycles. The van der Waals surface area contributed by atoms with Gasteiger partial charge in [-0.15, -0.1) is 0 Å². The highest BCUT2D eigenvalue weighted by Gasteiger charge is 2.59. The van der Waals surface area contributed by atoms with Crippen molar-refractivity contribution in [3.05, 3.63) is 0 Å². The van der Waals surface area contributed by atoms with E-state index in [9.17, 15) is 36.3 Å². The number of hydrogen-bond acceptors (Lipinski definition) is 7. The zero-order chi connectivity index (χ0) is 30.2. The predicted octanol–water partition coefficient (Wildman–Crippen LogP) is 1.26. The molecule has 5 fully saturated rings. The van der Waals surface area contributed by atoms with Gasteiger partial charge in [0.05, 0.1) is 11.2 Å². The first-order chi connectivity index (χ1) is 19.9. The Kier molecular flexibility index (Phi) is 9.63. The largest absolute Gasteiger partial charge is 0.406 e. The Bertz CT molecular complexity index is 1080. The Hall–Kier alpha value is -1.68. The lowest BCUT2D eigenvalue weighted by Gasteiger charge is -2.43. The molecule has 0 spiro atoms. The van der Waals surface area contributed by atoms with Gasteiger partial charge in [0, 0.05) is 64.4 Å². The number of nitrogens with zero attached hydrogens (tertiary/aromatic N) is 3. The normalized spacial score (nSPS) is 35.6. The monoisotopic (exact) mass is 622 g/mol. The number of fused-ring (bicyclic) bond motifs is 1. The predicted molar refractivity (Wildman–Crippen MR) is 148 cm³/mol. The SMILES string of the molecule is CNC(=O)NC1CCC(S(=O)(=O)N2CCC(C3CCN4NC(C(F)(F)F)C(C(=O)N5CCC(CO)C5)C4C3)CC2)CC1. The van der Waals surface area contributed by atoms with Gasteiger partial charge in [-0.2, -0.15) is 13.2 Å². The molecular weight excluding hydrogens is 577 g/mol. The van der Waals surface area contributed by atoms with Gasteiger partial charge >= 0.3 is 12.2 Å². The van der Waals surface area contributed by atoms with Crippen LogP contribution in [0.25, 0.3) is 0 Å². The summed E-state index contributed by atoms with van der Waals surface area (Å²) in [6, 6.07) is -2.81. The van der Waals surface area contributed by atoms with E-state index in [0.29, 0.717) is 84.0 Å². The van der Waals surface area contributed by atoms with E-state index < -0.39 is 45.4 Å². The van der Waals surface area contributed by atoms with Crippen molar-refractivity contribution in [2.75, 3.05) is 46.4 Å². The van der Waals surface area contributed by atoms with Crippen LogP contribution in [-0.4, -0.2) is 116 Å². The fourth-order valence-electron chi connectivity index (χ4n) is 7.99. The number of carbonyl (C=O) groups excluding carboxylic acids is 2. The standard InChI is InChI=1S/C27H45F3N6O5S/c1-31-26(39)32-20-2-4-21(5-3-20)42(40,41)35-11-7-18(8-12-35)19-9-13-36-22(14-19)23(24(33-36)27(28,29)30)25(38)34-10-6-17(15-34)16-37/h17-24,33,37H,2-16H2,1H3,(H2,31,32,39). The van der Waals surface area contributed by atoms with E-state index in [1.807, 2.05) is 0 Å². The second kappa shape index (κ2) is 12.7. The number of rotatable bonds is 6. The van der Waals surface area contributed by atoms with E-state index >= 15 is 0 Å². The topological polar surface area (TPSA) is 134 Å². The highest BCUT2D eigenvalue weighted by Crippen LogP contribution is 2.44. The van der Waals surface area contributed by atoms with Crippen LogP contribution in [0.1, 0.15) is 57.8 Å². The van der Waals surface area contributed by atoms with Gasteiger partial charge in [0.1, 0.15) is 6.04 Å². The Morgan fingerprint density at radius 3 is 2.21 bits per heavy atom. The van der Waals surface area contributed by atoms with Crippen LogP contribution in [0.2, 0.25) is 0 Å². The number of carbonyl (C=O) groups is 2. The average Bonchev–Trinajstić information content (AvgIpc) is 3.62. The first-order valence-electron chi connectivity index (χ1n) is 15.4. The van der Waals surface area contributed by atoms with Crippen LogP contribution in [0.5, 0.6) is 0 Å². The molecule has 15 heteroatoms. The van der Waals surface area contributed by atoms with Crippen molar-refractivity contribution >= 4 is 22.0 Å². The van der Waals surface area contributed by atoms with E-state index in [0.717, 1.165) is 0 Å². The minimum absolute atomic E-state index is 0.0349. The van der Waals surface area contributed by atoms with Gasteiger partial charge < -0.3 is 20.6 Å². The van der Waals surface area contributed by atoms with Gasteiger partial charge in [-0.05, 0) is 69.6 Å². The van der Waals surface area contributed by atoms with Crippen LogP contribution in [0.4, 0.5) is 18.0 Å². The number of sulfonamides is 1. The fourth-order valence-corrected chi connectivity index (χ4v) is 10.00. The van der Waals surface area contributed by atoms with Crippen molar-refractivity contribution in [1.29, 1.82) is 0 Å². The summed E-state index contributed by atoms with van der Waals surface area (Å²) in [5.41, 5.74) is 2.61. The summed E-state index contributed by atoms with van der Waals surface area (Å²) in [6.45, 7) is 1.77. The first-order valence-corrected chi connectivity index (χ1v) is 16.9. The number of alkyl halides is 3. The van der Waals surface area contributed by atoms with Crippen LogP contribution >= 0.6 is 0 Å². The number of amides is 3. The smallest absolute Gasteiger partial charge is 0.396 e. The molecule has 0 aromatic heterocycles. The zero-order valence-electron chi connectivity index (χ0n) is 24.2. The van der Waals surface area contributed by atoms with Gasteiger partial charge in [-0.1, -0.05) is 0 Å². The second-order valence-corrected chi connectivity index (χ2v) is 15.0. The lowest BCUT2D eigenvalue weighted by Crippen LogP contribution is -2.51. The fraction of sp³-hybridized carbons (Fsp3) is 0.926. The Morgan fingerprint density at radius 2 is 1.62 bits per heavy atom. The Labute approximate surface area is 245 Å². The minimum Gasteiger partial charge on any atom is -0.396 e. The van der Waals surface area contributed by atoms with Crippen LogP contribution in [-0.2, 0) is 14.8 Å². The van der Waals surface area contributed by atoms with E-state index in [1.165, 1.54) is 4.90 Å². The molecule has 3 amide bonds. The molecule has 42 heavy (non-hydrogen) atoms. The molecule has 5 unspecified atom stereocenters. The van der Waals surface area contributed by atoms with Crippen LogP contribution in [0.15, 0.2) is 0 Å². The average molecular weight is 623 g/mol. The number of urea groups is 1. The number of nitrogens with one attached hydrogen (secondary N) is 3. The van der Waals surface area contributed by atoms with Crippen LogP contribution in [0.3, 0.4) is 0 Å². The molecule has 5 rings (SSSR count). The van der Waals surface area contributed by atoms with E-state index in [2.05, 4.69) is 16.1 Å². The summed E-state index contributed by atoms with van der Waals surface area (Å²) < 4.78 is 70.8. The van der Waals surface area contributed by atoms with Gasteiger partial charge in [-0.3, -0.25) is 4.79 Å². The Morgan fingerprint density at radius 1 is 0.952 bits per heavy atom. The molecule has 5 atom stereocenters. The maximum Gasteiger partial charge on any atom is 0.406 e. The summed E-state index contributed by atoms with van der Waals surface area (Å²) in [6.07, 6.45) is 0.709. The van der Waals surface area contributed by atoms with Crippen molar-refractivity contribution < 1.29 is 36.3 Å². The number of hydrazine groups is 1. The van der Waals surface area contributed by atoms with Crippen LogP contribution in [0, 0.1) is 23.7 Å². The van der Waals surface area contributed by atoms with Gasteiger partial charge in [-0.25, -0.2) is 28.0 Å². The van der Waals surface area contributed by atoms with Gasteiger partial charge in [0.25, 0.3) is 0 Å². The molecule has 0 aromatic carbocycles. The van der Waals surface area contributed by atoms with E-state index in [-0.39, 0.29) is 43.0 Å². The molecule has 0 bridgehead atoms. The molecule has 4 saturated heterocycles. The quantitative estimate of drug-likeness (QED) is 0.351. The van der Waals surface area contributed by atoms with Crippen molar-refractivity contribution in [2.24, 2.45) is 23.7 Å². The summed E-state index contributed by atoms with van der Waals surface area (Å²) in [5, 5.41) is 16.0. The molecule has 4 N–H and O–H groups in total. The molecule has 0 aromatic rings. The molecule has 4 heterocycles. The Balaban J connectivity index is 1.18. The van der Waals surface area contributed by atoms with Crippen molar-refractivity contribution in [3.8, 4) is 0 Å². The molecule has 11 nitrogen and oxygen atoms in total. The van der Waals surface area contributed by atoms with Crippen molar-refractivity contribution in [3.63, 3.8) is 0 Å². The number of halogens is 3. The molecule has 0 radical (unpaired) electrons. The van der Waals surface area contributed by atoms with E-state index in [4.69, 9.17) is 0 Å². The highest BCUT2D eigenvalue weighted by molar-refractivity contribution is 7.89. The summed E-state index contributed by atoms with van der Waals surface area (Å²) in [4.78, 5) is 26.6. The third-order valence-corrected chi connectivity index (χ3v) is 12.8. The summed E-state index contributed by atoms with van der Waals surface area (Å²) in [5.74, 6) is -1.51. The minimum atomic E-state index is -4.57. The second-order valence-electron chi connectivity index (χ2n) is 12.8. The number of hydrogen-bond donors (Lipinski definition) is 4. The van der Waals surface area contributed by atoms with Crippen molar-refractivity contribution in [1.82, 2.24) is 30.3 Å².